The fourth-order valence-corrected chi connectivity index (χ4v) is 24.1. The van der Waals surface area contributed by atoms with E-state index in [1.165, 1.54) is 77.3 Å². The molecule has 2 aliphatic rings. The molecule has 2 aliphatic heterocycles. The van der Waals surface area contributed by atoms with Crippen molar-refractivity contribution in [2.24, 2.45) is 0 Å². The molecule has 0 radical (unpaired) electrons. The summed E-state index contributed by atoms with van der Waals surface area (Å²) in [7, 11) is 0. The third kappa shape index (κ3) is 6.30. The number of hydrogen-bond acceptors (Lipinski definition) is 2. The first-order chi connectivity index (χ1) is 32.1. The van der Waals surface area contributed by atoms with E-state index in [1.807, 2.05) is 12.2 Å². The molecule has 0 aromatic heterocycles. The van der Waals surface area contributed by atoms with Gasteiger partial charge in [-0.2, -0.15) is 0 Å². The van der Waals surface area contributed by atoms with E-state index in [2.05, 4.69) is 240 Å². The molecule has 12 rings (SSSR count). The Morgan fingerprint density at radius 1 is 0.333 bits per heavy atom. The number of anilines is 6. The Bertz CT molecular complexity index is 3390. The molecular weight excluding hydrogens is 918 g/mol. The Hall–Kier alpha value is -6.85. The molecular formula is C62H50Ge2N2. The molecule has 10 aromatic carbocycles. The van der Waals surface area contributed by atoms with E-state index in [0.717, 1.165) is 22.5 Å². The van der Waals surface area contributed by atoms with Crippen LogP contribution in [0, 0.1) is 0 Å². The third-order valence-corrected chi connectivity index (χ3v) is 29.5. The summed E-state index contributed by atoms with van der Waals surface area (Å²) in [5.41, 5.74) is 15.0. The normalized spacial score (nSPS) is 13.8. The molecule has 0 fully saturated rings. The molecule has 0 N–H and O–H groups in total. The van der Waals surface area contributed by atoms with Crippen LogP contribution in [0.2, 0.25) is 23.0 Å². The summed E-state index contributed by atoms with van der Waals surface area (Å²) in [6, 6.07) is 73.2. The maximum atomic E-state index is 4.02. The van der Waals surface area contributed by atoms with Gasteiger partial charge in [0.15, 0.2) is 0 Å². The number of hydrogen-bond donors (Lipinski definition) is 0. The van der Waals surface area contributed by atoms with Crippen molar-refractivity contribution in [2.75, 3.05) is 9.80 Å². The molecule has 0 atom stereocenters. The number of benzene rings is 10. The predicted molar refractivity (Wildman–Crippen MR) is 293 cm³/mol. The first kappa shape index (κ1) is 40.6. The quantitative estimate of drug-likeness (QED) is 0.140. The summed E-state index contributed by atoms with van der Waals surface area (Å²) < 4.78 is 6.24. The van der Waals surface area contributed by atoms with Crippen LogP contribution in [0.15, 0.2) is 207 Å². The van der Waals surface area contributed by atoms with Gasteiger partial charge in [0.05, 0.1) is 0 Å². The van der Waals surface area contributed by atoms with Gasteiger partial charge in [-0.05, 0) is 0 Å². The van der Waals surface area contributed by atoms with E-state index in [-0.39, 0.29) is 0 Å². The molecule has 66 heavy (non-hydrogen) atoms. The van der Waals surface area contributed by atoms with Gasteiger partial charge in [-0.25, -0.2) is 0 Å². The van der Waals surface area contributed by atoms with Crippen molar-refractivity contribution < 1.29 is 0 Å². The average molecular weight is 968 g/mol. The van der Waals surface area contributed by atoms with E-state index < -0.39 is 26.5 Å². The summed E-state index contributed by atoms with van der Waals surface area (Å²) >= 11 is -5.58. The molecule has 2 heterocycles. The average Bonchev–Trinajstić information content (AvgIpc) is 3.70. The molecule has 10 aromatic rings. The molecule has 316 valence electrons. The molecule has 0 unspecified atom stereocenters. The third-order valence-electron chi connectivity index (χ3n) is 14.7. The summed E-state index contributed by atoms with van der Waals surface area (Å²) in [5, 5.41) is 7.66. The van der Waals surface area contributed by atoms with Crippen molar-refractivity contribution in [3.8, 4) is 22.3 Å². The van der Waals surface area contributed by atoms with Crippen LogP contribution in [-0.4, -0.2) is 26.5 Å². The second-order valence-electron chi connectivity index (χ2n) is 19.1. The monoisotopic (exact) mass is 970 g/mol. The molecule has 0 amide bonds. The van der Waals surface area contributed by atoms with Crippen LogP contribution in [0.5, 0.6) is 0 Å². The van der Waals surface area contributed by atoms with E-state index >= 15 is 0 Å². The second kappa shape index (κ2) is 15.4. The molecule has 0 saturated heterocycles. The second-order valence-corrected chi connectivity index (χ2v) is 37.3. The Balaban J connectivity index is 0.960. The molecule has 4 heteroatoms. The van der Waals surface area contributed by atoms with Crippen molar-refractivity contribution in [3.63, 3.8) is 0 Å². The molecule has 2 nitrogen and oxygen atoms in total. The van der Waals surface area contributed by atoms with Crippen molar-refractivity contribution in [1.82, 2.24) is 0 Å². The van der Waals surface area contributed by atoms with Crippen molar-refractivity contribution in [1.29, 1.82) is 0 Å². The van der Waals surface area contributed by atoms with Crippen LogP contribution in [0.3, 0.4) is 0 Å². The number of rotatable bonds is 8. The number of nitrogens with zero attached hydrogens (tertiary/aromatic N) is 2. The summed E-state index contributed by atoms with van der Waals surface area (Å²) in [6.07, 6.45) is 3.83. The standard InChI is InChI=1S/C62H50Ge2N2/c1-7-41-23-27-47(28-24-41)65(61-21-13-17-43-15-9-11-19-51(43)61)49-31-33-53-55-35-45-38-58-56(36-46(45)37-57(55)63(3,4)59(53)39-49)54-34-32-50(40-60(54)64(58,5)6)66(48-29-25-42(8-2)26-30-48)62-22-14-18-44-16-10-12-20-52(44)62/h7-40H,1-2H2,3-6H3. The van der Waals surface area contributed by atoms with Gasteiger partial charge in [0.2, 0.25) is 0 Å². The Labute approximate surface area is 393 Å². The van der Waals surface area contributed by atoms with E-state index in [1.54, 1.807) is 17.6 Å². The Morgan fingerprint density at radius 2 is 0.697 bits per heavy atom. The molecule has 0 spiro atoms. The topological polar surface area (TPSA) is 6.48 Å². The first-order valence-electron chi connectivity index (χ1n) is 23.1. The fraction of sp³-hybridized carbons (Fsp3) is 0.0645. The van der Waals surface area contributed by atoms with Crippen LogP contribution < -0.4 is 27.4 Å². The molecule has 0 saturated carbocycles. The van der Waals surface area contributed by atoms with Gasteiger partial charge in [0, 0.05) is 0 Å². The minimum atomic E-state index is -2.79. The van der Waals surface area contributed by atoms with E-state index in [9.17, 15) is 0 Å². The van der Waals surface area contributed by atoms with Gasteiger partial charge in [-0.3, -0.25) is 0 Å². The first-order valence-corrected chi connectivity index (χ1v) is 35.6. The van der Waals surface area contributed by atoms with Crippen LogP contribution >= 0.6 is 0 Å². The van der Waals surface area contributed by atoms with Gasteiger partial charge in [0.25, 0.3) is 0 Å². The summed E-state index contributed by atoms with van der Waals surface area (Å²) in [6.45, 7) is 8.05. The fourth-order valence-electron chi connectivity index (χ4n) is 11.1. The van der Waals surface area contributed by atoms with Crippen LogP contribution in [0.4, 0.5) is 34.1 Å². The van der Waals surface area contributed by atoms with Gasteiger partial charge in [-0.15, -0.1) is 0 Å². The Kier molecular flexibility index (Phi) is 9.46. The SMILES string of the molecule is C=Cc1ccc(N(c2ccc3[c](c2)[Ge]([CH3])([CH3])[c]2cc4cc5[c](cc4cc2-3)[Ge]([CH3])([CH3])[c]2cc(N(c3ccc(C=C)cc3)c3cccc4ccccc34)ccc2-5)c2cccc3ccccc23)cc1. The zero-order valence-electron chi connectivity index (χ0n) is 37.9. The van der Waals surface area contributed by atoms with Crippen molar-refractivity contribution >= 4 is 123 Å². The van der Waals surface area contributed by atoms with Crippen molar-refractivity contribution in [3.05, 3.63) is 218 Å². The van der Waals surface area contributed by atoms with Gasteiger partial charge in [0.1, 0.15) is 0 Å². The van der Waals surface area contributed by atoms with Gasteiger partial charge >= 0.3 is 396 Å². The maximum absolute atomic E-state index is 4.02. The van der Waals surface area contributed by atoms with Crippen molar-refractivity contribution in [2.45, 2.75) is 23.0 Å². The zero-order valence-corrected chi connectivity index (χ0v) is 42.1. The van der Waals surface area contributed by atoms with Crippen LogP contribution in [0.1, 0.15) is 11.1 Å². The predicted octanol–water partition coefficient (Wildman–Crippen LogP) is 15.0. The van der Waals surface area contributed by atoms with Crippen LogP contribution in [-0.2, 0) is 0 Å². The zero-order chi connectivity index (χ0) is 44.9. The molecule has 0 aliphatic carbocycles. The summed E-state index contributed by atoms with van der Waals surface area (Å²) in [4.78, 5) is 4.91. The number of fused-ring (bicyclic) bond motifs is 9. The van der Waals surface area contributed by atoms with E-state index in [0.29, 0.717) is 0 Å². The molecule has 0 bridgehead atoms. The van der Waals surface area contributed by atoms with Gasteiger partial charge in [-0.1, -0.05) is 0 Å². The van der Waals surface area contributed by atoms with Gasteiger partial charge < -0.3 is 0 Å². The minimum absolute atomic E-state index is 1.12. The van der Waals surface area contributed by atoms with E-state index in [4.69, 9.17) is 0 Å². The Morgan fingerprint density at radius 3 is 1.11 bits per heavy atom. The summed E-state index contributed by atoms with van der Waals surface area (Å²) in [5.74, 6) is 10.4. The van der Waals surface area contributed by atoms with Crippen LogP contribution in [0.25, 0.3) is 66.7 Å².